The third-order valence-corrected chi connectivity index (χ3v) is 9.89. The van der Waals surface area contributed by atoms with Crippen LogP contribution in [0.4, 0.5) is 11.6 Å². The molecule has 3 atom stereocenters. The van der Waals surface area contributed by atoms with Crippen LogP contribution in [0.15, 0.2) is 49.4 Å². The lowest BCUT2D eigenvalue weighted by Gasteiger charge is -2.42. The molecular weight excluding hydrogens is 714 g/mol. The monoisotopic (exact) mass is 767 g/mol. The van der Waals surface area contributed by atoms with Crippen molar-refractivity contribution in [3.8, 4) is 22.8 Å². The maximum absolute atomic E-state index is 6.50. The minimum absolute atomic E-state index is 0.176. The van der Waals surface area contributed by atoms with Gasteiger partial charge in [-0.05, 0) is 64.2 Å². The minimum atomic E-state index is -0.176. The Bertz CT molecular complexity index is 1680. The second kappa shape index (κ2) is 20.2. The molecule has 0 bridgehead atoms. The summed E-state index contributed by atoms with van der Waals surface area (Å²) in [6.07, 6.45) is 14.1. The average molecular weight is 768 g/mol. The quantitative estimate of drug-likeness (QED) is 0.108. The summed E-state index contributed by atoms with van der Waals surface area (Å²) in [5.41, 5.74) is 2.42. The highest BCUT2D eigenvalue weighted by Gasteiger charge is 2.32. The van der Waals surface area contributed by atoms with Gasteiger partial charge in [-0.3, -0.25) is 9.58 Å². The van der Waals surface area contributed by atoms with Gasteiger partial charge in [0.15, 0.2) is 0 Å². The first-order chi connectivity index (χ1) is 26.3. The van der Waals surface area contributed by atoms with Crippen molar-refractivity contribution in [2.45, 2.75) is 89.8 Å². The molecule has 16 heteroatoms. The summed E-state index contributed by atoms with van der Waals surface area (Å²) < 4.78 is 38.3. The summed E-state index contributed by atoms with van der Waals surface area (Å²) in [4.78, 5) is 15.9. The predicted molar refractivity (Wildman–Crippen MR) is 205 cm³/mol. The molecule has 1 saturated carbocycles. The molecule has 6 rings (SSSR count). The molecule has 1 N–H and O–H groups in total. The van der Waals surface area contributed by atoms with Gasteiger partial charge in [-0.15, -0.1) is 5.10 Å². The Morgan fingerprint density at radius 2 is 1.65 bits per heavy atom. The van der Waals surface area contributed by atoms with Crippen LogP contribution in [0.1, 0.15) is 58.9 Å². The first-order valence-corrected chi connectivity index (χ1v) is 19.4. The maximum Gasteiger partial charge on any atom is 0.256 e. The summed E-state index contributed by atoms with van der Waals surface area (Å²) in [5, 5.41) is 13.0. The Labute approximate surface area is 322 Å². The lowest BCUT2D eigenvalue weighted by atomic mass is 9.89. The number of morpholine rings is 1. The van der Waals surface area contributed by atoms with Crippen LogP contribution >= 0.6 is 11.6 Å². The fourth-order valence-electron chi connectivity index (χ4n) is 7.03. The first-order valence-electron chi connectivity index (χ1n) is 19.0. The third kappa shape index (κ3) is 11.6. The van der Waals surface area contributed by atoms with Gasteiger partial charge in [0, 0.05) is 57.2 Å². The number of rotatable bonds is 20. The normalized spacial score (nSPS) is 21.2. The second-order valence-electron chi connectivity index (χ2n) is 14.0. The summed E-state index contributed by atoms with van der Waals surface area (Å²) in [6.45, 7) is 12.0. The number of nitrogens with one attached hydrogen (secondary N) is 1. The molecule has 0 amide bonds. The summed E-state index contributed by atoms with van der Waals surface area (Å²) in [7, 11) is 1.66. The SMILES string of the molecule is COCCOCCOCCCOc1nn([C@H]2CC[C@H](N3C[C@@H](C)O[C@@H](C)C3)CC2)cc1Nc1ncc(-c2ccc(Cl)c(O[C@@H](C)Cn3cncn3)c2)cn1. The maximum atomic E-state index is 6.50. The molecule has 3 aromatic heterocycles. The van der Waals surface area contributed by atoms with Crippen molar-refractivity contribution in [1.29, 1.82) is 0 Å². The predicted octanol–water partition coefficient (Wildman–Crippen LogP) is 5.84. The highest BCUT2D eigenvalue weighted by molar-refractivity contribution is 6.32. The van der Waals surface area contributed by atoms with Gasteiger partial charge in [-0.2, -0.15) is 5.10 Å². The zero-order chi connectivity index (χ0) is 37.7. The molecule has 1 aromatic carbocycles. The van der Waals surface area contributed by atoms with Crippen molar-refractivity contribution in [2.75, 3.05) is 65.2 Å². The molecule has 1 aliphatic heterocycles. The lowest BCUT2D eigenvalue weighted by molar-refractivity contribution is -0.0852. The smallest absolute Gasteiger partial charge is 0.256 e. The van der Waals surface area contributed by atoms with Crippen molar-refractivity contribution in [2.24, 2.45) is 0 Å². The first kappa shape index (κ1) is 39.8. The van der Waals surface area contributed by atoms with E-state index in [2.05, 4.69) is 48.8 Å². The Morgan fingerprint density at radius 3 is 2.37 bits per heavy atom. The highest BCUT2D eigenvalue weighted by Crippen LogP contribution is 2.36. The van der Waals surface area contributed by atoms with Gasteiger partial charge in [-0.25, -0.2) is 19.6 Å². The molecular formula is C38H54ClN9O6. The Morgan fingerprint density at radius 1 is 0.926 bits per heavy atom. The molecule has 4 aromatic rings. The standard InChI is InChI=1S/C38H54ClN9O6/c1-27-21-46(22-28(2)53-27)32-7-9-33(10-8-32)48-24-35(37(45-48)52-13-5-12-50-16-17-51-15-14-49-4)44-38-41-19-31(20-42-38)30-6-11-34(39)36(18-30)54-29(3)23-47-26-40-25-43-47/h6,11,18-20,24-29,32-33H,5,7-10,12-17,21-23H2,1-4H3,(H,41,42,44)/t27-,28+,29-,32-,33-/m0/s1. The fraction of sp³-hybridized carbons (Fsp3) is 0.605. The van der Waals surface area contributed by atoms with Crippen molar-refractivity contribution in [1.82, 2.24) is 39.4 Å². The van der Waals surface area contributed by atoms with Gasteiger partial charge in [0.25, 0.3) is 5.88 Å². The number of halogens is 1. The van der Waals surface area contributed by atoms with Crippen LogP contribution in [-0.2, 0) is 25.5 Å². The second-order valence-corrected chi connectivity index (χ2v) is 14.4. The minimum Gasteiger partial charge on any atom is -0.487 e. The lowest BCUT2D eigenvalue weighted by Crippen LogP contribution is -2.51. The Balaban J connectivity index is 1.08. The summed E-state index contributed by atoms with van der Waals surface area (Å²) in [5.74, 6) is 1.52. The number of aromatic nitrogens is 7. The average Bonchev–Trinajstić information content (AvgIpc) is 3.83. The molecule has 0 unspecified atom stereocenters. The molecule has 1 saturated heterocycles. The van der Waals surface area contributed by atoms with Crippen LogP contribution in [0.3, 0.4) is 0 Å². The van der Waals surface area contributed by atoms with Gasteiger partial charge in [0.05, 0.1) is 69.0 Å². The van der Waals surface area contributed by atoms with Crippen LogP contribution < -0.4 is 14.8 Å². The summed E-state index contributed by atoms with van der Waals surface area (Å²) >= 11 is 6.50. The zero-order valence-corrected chi connectivity index (χ0v) is 32.6. The number of hydrogen-bond donors (Lipinski definition) is 1. The van der Waals surface area contributed by atoms with Crippen molar-refractivity contribution >= 4 is 23.2 Å². The molecule has 54 heavy (non-hydrogen) atoms. The van der Waals surface area contributed by atoms with Crippen molar-refractivity contribution in [3.05, 3.63) is 54.5 Å². The van der Waals surface area contributed by atoms with E-state index < -0.39 is 0 Å². The molecule has 15 nitrogen and oxygen atoms in total. The van der Waals surface area contributed by atoms with E-state index in [1.807, 2.05) is 31.3 Å². The number of benzene rings is 1. The number of hydrogen-bond acceptors (Lipinski definition) is 13. The fourth-order valence-corrected chi connectivity index (χ4v) is 7.19. The van der Waals surface area contributed by atoms with Gasteiger partial charge in [-0.1, -0.05) is 17.7 Å². The largest absolute Gasteiger partial charge is 0.487 e. The topological polar surface area (TPSA) is 145 Å². The van der Waals surface area contributed by atoms with Gasteiger partial charge >= 0.3 is 0 Å². The van der Waals surface area contributed by atoms with E-state index in [4.69, 9.17) is 45.1 Å². The van der Waals surface area contributed by atoms with E-state index in [1.165, 1.54) is 6.33 Å². The molecule has 2 aliphatic rings. The summed E-state index contributed by atoms with van der Waals surface area (Å²) in [6, 6.07) is 6.49. The van der Waals surface area contributed by atoms with Gasteiger partial charge in [0.1, 0.15) is 30.2 Å². The van der Waals surface area contributed by atoms with Gasteiger partial charge < -0.3 is 33.7 Å². The zero-order valence-electron chi connectivity index (χ0n) is 31.8. The van der Waals surface area contributed by atoms with Crippen LogP contribution in [0.5, 0.6) is 11.6 Å². The molecule has 294 valence electrons. The molecule has 1 aliphatic carbocycles. The van der Waals surface area contributed by atoms with E-state index in [-0.39, 0.29) is 24.4 Å². The van der Waals surface area contributed by atoms with Crippen LogP contribution in [-0.4, -0.2) is 124 Å². The molecule has 0 radical (unpaired) electrons. The van der Waals surface area contributed by atoms with E-state index in [9.17, 15) is 0 Å². The molecule has 2 fully saturated rings. The van der Waals surface area contributed by atoms with E-state index >= 15 is 0 Å². The van der Waals surface area contributed by atoms with Crippen LogP contribution in [0.2, 0.25) is 5.02 Å². The van der Waals surface area contributed by atoms with Crippen molar-refractivity contribution in [3.63, 3.8) is 0 Å². The number of anilines is 2. The molecule has 0 spiro atoms. The number of methoxy groups -OCH3 is 1. The number of ether oxygens (including phenoxy) is 6. The van der Waals surface area contributed by atoms with Gasteiger partial charge in [0.2, 0.25) is 5.95 Å². The third-order valence-electron chi connectivity index (χ3n) is 9.58. The number of nitrogens with zero attached hydrogens (tertiary/aromatic N) is 8. The van der Waals surface area contributed by atoms with E-state index in [0.717, 1.165) is 55.6 Å². The Hall–Kier alpha value is -3.86. The van der Waals surface area contributed by atoms with E-state index in [1.54, 1.807) is 30.5 Å². The van der Waals surface area contributed by atoms with Crippen LogP contribution in [0.25, 0.3) is 11.1 Å². The Kier molecular flexibility index (Phi) is 14.9. The van der Waals surface area contributed by atoms with Crippen molar-refractivity contribution < 1.29 is 28.4 Å². The van der Waals surface area contributed by atoms with Crippen LogP contribution in [0, 0.1) is 0 Å². The molecule has 4 heterocycles. The highest BCUT2D eigenvalue weighted by atomic mass is 35.5. The van der Waals surface area contributed by atoms with E-state index in [0.29, 0.717) is 81.2 Å².